The minimum atomic E-state index is -4.53. The van der Waals surface area contributed by atoms with E-state index >= 15 is 0 Å². The molecular weight excluding hydrogens is 274 g/mol. The summed E-state index contributed by atoms with van der Waals surface area (Å²) >= 11 is 0. The minimum Gasteiger partial charge on any atom is -0.313 e. The number of nitrogens with zero attached hydrogens (tertiary/aromatic N) is 2. The second kappa shape index (κ2) is 5.62. The first-order chi connectivity index (χ1) is 9.43. The van der Waals surface area contributed by atoms with Crippen LogP contribution in [0.4, 0.5) is 17.6 Å². The van der Waals surface area contributed by atoms with Gasteiger partial charge in [-0.25, -0.2) is 9.07 Å². The van der Waals surface area contributed by atoms with Gasteiger partial charge < -0.3 is 5.32 Å². The average Bonchev–Trinajstić information content (AvgIpc) is 2.81. The Labute approximate surface area is 113 Å². The van der Waals surface area contributed by atoms with E-state index in [1.165, 1.54) is 18.3 Å². The van der Waals surface area contributed by atoms with Crippen LogP contribution in [0.25, 0.3) is 5.69 Å². The van der Waals surface area contributed by atoms with E-state index in [9.17, 15) is 17.6 Å². The van der Waals surface area contributed by atoms with E-state index in [2.05, 4.69) is 10.4 Å². The first-order valence-corrected chi connectivity index (χ1v) is 6.04. The molecule has 1 aromatic carbocycles. The van der Waals surface area contributed by atoms with Gasteiger partial charge in [0.15, 0.2) is 5.69 Å². The predicted octanol–water partition coefficient (Wildman–Crippen LogP) is 3.14. The first-order valence-electron chi connectivity index (χ1n) is 6.04. The van der Waals surface area contributed by atoms with E-state index in [0.29, 0.717) is 6.54 Å². The van der Waals surface area contributed by atoms with Crippen molar-refractivity contribution in [2.45, 2.75) is 19.6 Å². The Bertz CT molecular complexity index is 572. The molecule has 0 spiro atoms. The summed E-state index contributed by atoms with van der Waals surface area (Å²) in [5, 5.41) is 6.61. The molecule has 2 aromatic rings. The van der Waals surface area contributed by atoms with Crippen LogP contribution in [-0.4, -0.2) is 16.3 Å². The number of hydrogen-bond acceptors (Lipinski definition) is 2. The second-order valence-corrected chi connectivity index (χ2v) is 4.18. The molecular formula is C13H13F4N3. The molecule has 0 aliphatic rings. The van der Waals surface area contributed by atoms with Crippen molar-refractivity contribution in [2.75, 3.05) is 6.54 Å². The lowest BCUT2D eigenvalue weighted by Gasteiger charge is -2.13. The van der Waals surface area contributed by atoms with Crippen molar-refractivity contribution in [1.29, 1.82) is 0 Å². The maximum Gasteiger partial charge on any atom is 0.433 e. The Morgan fingerprint density at radius 1 is 1.20 bits per heavy atom. The number of aromatic nitrogens is 2. The Balaban J connectivity index is 2.47. The van der Waals surface area contributed by atoms with Crippen LogP contribution in [0.5, 0.6) is 0 Å². The quantitative estimate of drug-likeness (QED) is 0.876. The van der Waals surface area contributed by atoms with Crippen molar-refractivity contribution in [1.82, 2.24) is 15.1 Å². The maximum absolute atomic E-state index is 13.2. The van der Waals surface area contributed by atoms with Crippen LogP contribution in [0.1, 0.15) is 18.2 Å². The van der Waals surface area contributed by atoms with E-state index < -0.39 is 17.7 Å². The lowest BCUT2D eigenvalue weighted by atomic mass is 10.2. The highest BCUT2D eigenvalue weighted by Gasteiger charge is 2.38. The van der Waals surface area contributed by atoms with Gasteiger partial charge in [0.05, 0.1) is 11.9 Å². The highest BCUT2D eigenvalue weighted by molar-refractivity contribution is 5.36. The van der Waals surface area contributed by atoms with E-state index in [1.54, 1.807) is 6.92 Å². The molecule has 0 bridgehead atoms. The molecule has 20 heavy (non-hydrogen) atoms. The Kier molecular flexibility index (Phi) is 4.08. The van der Waals surface area contributed by atoms with Crippen molar-refractivity contribution in [3.8, 4) is 5.69 Å². The lowest BCUT2D eigenvalue weighted by Crippen LogP contribution is -2.19. The largest absolute Gasteiger partial charge is 0.433 e. The van der Waals surface area contributed by atoms with Crippen LogP contribution in [0.2, 0.25) is 0 Å². The Morgan fingerprint density at radius 3 is 2.40 bits per heavy atom. The zero-order valence-electron chi connectivity index (χ0n) is 10.7. The lowest BCUT2D eigenvalue weighted by molar-refractivity contribution is -0.143. The molecule has 3 nitrogen and oxygen atoms in total. The fourth-order valence-electron chi connectivity index (χ4n) is 1.85. The van der Waals surface area contributed by atoms with Gasteiger partial charge in [-0.1, -0.05) is 6.92 Å². The minimum absolute atomic E-state index is 0.0590. The molecule has 0 fully saturated rings. The van der Waals surface area contributed by atoms with Gasteiger partial charge in [-0.15, -0.1) is 0 Å². The fourth-order valence-corrected chi connectivity index (χ4v) is 1.85. The highest BCUT2D eigenvalue weighted by atomic mass is 19.4. The van der Waals surface area contributed by atoms with Gasteiger partial charge in [0, 0.05) is 12.1 Å². The third-order valence-electron chi connectivity index (χ3n) is 2.75. The molecule has 1 N–H and O–H groups in total. The van der Waals surface area contributed by atoms with Gasteiger partial charge in [-0.2, -0.15) is 18.3 Å². The molecule has 0 aliphatic carbocycles. The summed E-state index contributed by atoms with van der Waals surface area (Å²) in [5.74, 6) is -0.512. The van der Waals surface area contributed by atoms with Gasteiger partial charge in [-0.05, 0) is 30.8 Å². The van der Waals surface area contributed by atoms with Crippen molar-refractivity contribution in [3.63, 3.8) is 0 Å². The molecule has 0 radical (unpaired) electrons. The Morgan fingerprint density at radius 2 is 1.85 bits per heavy atom. The predicted molar refractivity (Wildman–Crippen MR) is 65.9 cm³/mol. The molecule has 108 valence electrons. The molecule has 2 rings (SSSR count). The standard InChI is InChI=1S/C13H13F4N3/c1-2-18-7-9-8-19-20(12(9)13(15,16)17)11-5-3-10(14)4-6-11/h3-6,8,18H,2,7H2,1H3. The summed E-state index contributed by atoms with van der Waals surface area (Å²) in [5.41, 5.74) is -0.616. The number of alkyl halides is 3. The van der Waals surface area contributed by atoms with E-state index in [0.717, 1.165) is 16.8 Å². The number of nitrogens with one attached hydrogen (secondary N) is 1. The normalized spacial score (nSPS) is 11.8. The molecule has 0 unspecified atom stereocenters. The van der Waals surface area contributed by atoms with Crippen molar-refractivity contribution < 1.29 is 17.6 Å². The van der Waals surface area contributed by atoms with Gasteiger partial charge in [0.2, 0.25) is 0 Å². The molecule has 1 aromatic heterocycles. The Hall–Kier alpha value is -1.89. The number of benzene rings is 1. The van der Waals surface area contributed by atoms with Gasteiger partial charge in [0.1, 0.15) is 5.82 Å². The molecule has 0 saturated carbocycles. The summed E-state index contributed by atoms with van der Waals surface area (Å²) in [6, 6.07) is 4.71. The summed E-state index contributed by atoms with van der Waals surface area (Å²) in [6.07, 6.45) is -3.36. The zero-order valence-corrected chi connectivity index (χ0v) is 10.7. The molecule has 1 heterocycles. The summed E-state index contributed by atoms with van der Waals surface area (Å²) in [4.78, 5) is 0. The maximum atomic E-state index is 13.2. The summed E-state index contributed by atoms with van der Waals surface area (Å²) in [7, 11) is 0. The van der Waals surface area contributed by atoms with Gasteiger partial charge in [0.25, 0.3) is 0 Å². The van der Waals surface area contributed by atoms with E-state index in [4.69, 9.17) is 0 Å². The van der Waals surface area contributed by atoms with Crippen LogP contribution in [0.3, 0.4) is 0 Å². The van der Waals surface area contributed by atoms with Gasteiger partial charge in [-0.3, -0.25) is 0 Å². The number of rotatable bonds is 4. The summed E-state index contributed by atoms with van der Waals surface area (Å²) in [6.45, 7) is 2.43. The average molecular weight is 287 g/mol. The van der Waals surface area contributed by atoms with Crippen molar-refractivity contribution in [3.05, 3.63) is 47.5 Å². The molecule has 0 aliphatic heterocycles. The monoisotopic (exact) mass is 287 g/mol. The molecule has 0 atom stereocenters. The zero-order chi connectivity index (χ0) is 14.8. The summed E-state index contributed by atoms with van der Waals surface area (Å²) < 4.78 is 53.1. The van der Waals surface area contributed by atoms with E-state index in [-0.39, 0.29) is 17.8 Å². The SMILES string of the molecule is CCNCc1cnn(-c2ccc(F)cc2)c1C(F)(F)F. The van der Waals surface area contributed by atoms with E-state index in [1.807, 2.05) is 0 Å². The fraction of sp³-hybridized carbons (Fsp3) is 0.308. The molecule has 7 heteroatoms. The van der Waals surface area contributed by atoms with Gasteiger partial charge >= 0.3 is 6.18 Å². The second-order valence-electron chi connectivity index (χ2n) is 4.18. The third kappa shape index (κ3) is 2.98. The highest BCUT2D eigenvalue weighted by Crippen LogP contribution is 2.33. The van der Waals surface area contributed by atoms with Crippen LogP contribution >= 0.6 is 0 Å². The first kappa shape index (κ1) is 14.5. The third-order valence-corrected chi connectivity index (χ3v) is 2.75. The van der Waals surface area contributed by atoms with Crippen LogP contribution in [0, 0.1) is 5.82 Å². The number of hydrogen-bond donors (Lipinski definition) is 1. The van der Waals surface area contributed by atoms with Crippen LogP contribution < -0.4 is 5.32 Å². The van der Waals surface area contributed by atoms with Crippen LogP contribution in [0.15, 0.2) is 30.5 Å². The number of halogens is 4. The molecule has 0 amide bonds. The van der Waals surface area contributed by atoms with Crippen LogP contribution in [-0.2, 0) is 12.7 Å². The molecule has 0 saturated heterocycles. The smallest absolute Gasteiger partial charge is 0.313 e. The van der Waals surface area contributed by atoms with Crippen molar-refractivity contribution >= 4 is 0 Å². The van der Waals surface area contributed by atoms with Crippen molar-refractivity contribution in [2.24, 2.45) is 0 Å². The topological polar surface area (TPSA) is 29.9 Å².